The van der Waals surface area contributed by atoms with Crippen molar-refractivity contribution in [2.75, 3.05) is 7.11 Å². The van der Waals surface area contributed by atoms with Crippen molar-refractivity contribution in [3.8, 4) is 0 Å². The molecule has 84 valence electrons. The predicted molar refractivity (Wildman–Crippen MR) is 52.0 cm³/mol. The molecule has 0 amide bonds. The molecule has 0 saturated heterocycles. The molecule has 0 aliphatic heterocycles. The fourth-order valence-corrected chi connectivity index (χ4v) is 0.939. The van der Waals surface area contributed by atoms with Crippen molar-refractivity contribution in [2.45, 2.75) is 25.9 Å². The van der Waals surface area contributed by atoms with Gasteiger partial charge in [-0.15, -0.1) is 0 Å². The Kier molecular flexibility index (Phi) is 6.88. The highest BCUT2D eigenvalue weighted by Crippen LogP contribution is 2.05. The molecule has 0 fully saturated rings. The maximum Gasteiger partial charge on any atom is 0.305 e. The zero-order valence-corrected chi connectivity index (χ0v) is 8.76. The van der Waals surface area contributed by atoms with Crippen molar-refractivity contribution in [3.63, 3.8) is 0 Å². The first-order valence-electron chi connectivity index (χ1n) is 4.46. The number of esters is 2. The Labute approximate surface area is 88.0 Å². The van der Waals surface area contributed by atoms with Gasteiger partial charge in [-0.25, -0.2) is 0 Å². The summed E-state index contributed by atoms with van der Waals surface area (Å²) in [5, 5.41) is 0. The zero-order chi connectivity index (χ0) is 11.7. The zero-order valence-electron chi connectivity index (χ0n) is 8.76. The van der Waals surface area contributed by atoms with Crippen LogP contribution in [0.2, 0.25) is 0 Å². The molecule has 0 saturated carbocycles. The highest BCUT2D eigenvalue weighted by Gasteiger charge is 2.11. The number of ether oxygens (including phenoxy) is 2. The second-order valence-electron chi connectivity index (χ2n) is 2.78. The molecule has 0 N–H and O–H groups in total. The van der Waals surface area contributed by atoms with Gasteiger partial charge < -0.3 is 9.47 Å². The first kappa shape index (κ1) is 13.4. The van der Waals surface area contributed by atoms with E-state index in [9.17, 15) is 14.4 Å². The third kappa shape index (κ3) is 7.42. The Bertz CT molecular complexity index is 257. The van der Waals surface area contributed by atoms with Crippen LogP contribution in [-0.4, -0.2) is 31.4 Å². The van der Waals surface area contributed by atoms with Crippen molar-refractivity contribution in [3.05, 3.63) is 12.2 Å². The van der Waals surface area contributed by atoms with Crippen molar-refractivity contribution >= 4 is 18.2 Å². The molecule has 5 heteroatoms. The number of aldehydes is 1. The first-order valence-corrected chi connectivity index (χ1v) is 4.46. The lowest BCUT2D eigenvalue weighted by Crippen LogP contribution is -2.15. The Balaban J connectivity index is 4.11. The lowest BCUT2D eigenvalue weighted by atomic mass is 10.2. The van der Waals surface area contributed by atoms with Gasteiger partial charge in [0, 0.05) is 13.3 Å². The summed E-state index contributed by atoms with van der Waals surface area (Å²) in [6.45, 7) is 1.26. The van der Waals surface area contributed by atoms with Gasteiger partial charge in [0.25, 0.3) is 0 Å². The van der Waals surface area contributed by atoms with E-state index in [4.69, 9.17) is 4.74 Å². The number of carbonyl (C=O) groups excluding carboxylic acids is 3. The lowest BCUT2D eigenvalue weighted by molar-refractivity contribution is -0.147. The topological polar surface area (TPSA) is 69.7 Å². The van der Waals surface area contributed by atoms with E-state index in [-0.39, 0.29) is 12.4 Å². The molecular formula is C10H14O5. The van der Waals surface area contributed by atoms with E-state index < -0.39 is 12.1 Å². The fourth-order valence-electron chi connectivity index (χ4n) is 0.939. The Morgan fingerprint density at radius 1 is 1.40 bits per heavy atom. The summed E-state index contributed by atoms with van der Waals surface area (Å²) >= 11 is 0. The third-order valence-electron chi connectivity index (χ3n) is 1.58. The summed E-state index contributed by atoms with van der Waals surface area (Å²) in [5.74, 6) is -0.841. The Morgan fingerprint density at radius 2 is 2.07 bits per heavy atom. The normalized spacial score (nSPS) is 12.1. The number of hydrogen-bond donors (Lipinski definition) is 0. The number of allylic oxidation sites excluding steroid dienone is 1. The van der Waals surface area contributed by atoms with Crippen LogP contribution in [0.1, 0.15) is 19.8 Å². The Morgan fingerprint density at radius 3 is 2.53 bits per heavy atom. The van der Waals surface area contributed by atoms with Crippen LogP contribution in [0.4, 0.5) is 0 Å². The molecule has 0 aromatic rings. The second-order valence-corrected chi connectivity index (χ2v) is 2.78. The summed E-state index contributed by atoms with van der Waals surface area (Å²) in [5.41, 5.74) is 0. The minimum Gasteiger partial charge on any atom is -0.469 e. The minimum atomic E-state index is -0.563. The molecule has 0 aliphatic carbocycles. The molecule has 0 aromatic carbocycles. The smallest absolute Gasteiger partial charge is 0.305 e. The quantitative estimate of drug-likeness (QED) is 0.368. The predicted octanol–water partition coefficient (Wildman–Crippen LogP) is 0.626. The third-order valence-corrected chi connectivity index (χ3v) is 1.58. The van der Waals surface area contributed by atoms with Gasteiger partial charge in [0.1, 0.15) is 12.4 Å². The summed E-state index contributed by atoms with van der Waals surface area (Å²) < 4.78 is 9.29. The molecule has 0 rings (SSSR count). The van der Waals surface area contributed by atoms with E-state index in [2.05, 4.69) is 4.74 Å². The molecule has 5 nitrogen and oxygen atoms in total. The molecule has 0 aliphatic rings. The summed E-state index contributed by atoms with van der Waals surface area (Å²) in [7, 11) is 1.28. The van der Waals surface area contributed by atoms with E-state index in [1.54, 1.807) is 0 Å². The van der Waals surface area contributed by atoms with Gasteiger partial charge in [0.05, 0.1) is 7.11 Å². The van der Waals surface area contributed by atoms with Gasteiger partial charge in [-0.1, -0.05) is 0 Å². The Hall–Kier alpha value is -1.65. The number of hydrogen-bond acceptors (Lipinski definition) is 5. The van der Waals surface area contributed by atoms with Crippen LogP contribution >= 0.6 is 0 Å². The van der Waals surface area contributed by atoms with Gasteiger partial charge in [0.15, 0.2) is 0 Å². The van der Waals surface area contributed by atoms with Gasteiger partial charge in [0.2, 0.25) is 0 Å². The van der Waals surface area contributed by atoms with E-state index in [0.29, 0.717) is 12.7 Å². The lowest BCUT2D eigenvalue weighted by Gasteiger charge is -2.11. The number of carbonyl (C=O) groups is 3. The highest BCUT2D eigenvalue weighted by atomic mass is 16.5. The van der Waals surface area contributed by atoms with Crippen LogP contribution in [0.3, 0.4) is 0 Å². The standard InChI is InChI=1S/C10H14O5/c1-8(12)15-9(4-3-7-11)5-6-10(13)14-2/h3-4,7,9H,5-6H2,1-2H3/b4-3-/t9-/m0/s1. The molecule has 0 radical (unpaired) electrons. The van der Waals surface area contributed by atoms with E-state index in [0.717, 1.165) is 0 Å². The molecule has 0 aromatic heterocycles. The number of methoxy groups -OCH3 is 1. The van der Waals surface area contributed by atoms with Crippen molar-refractivity contribution < 1.29 is 23.9 Å². The van der Waals surface area contributed by atoms with E-state index >= 15 is 0 Å². The van der Waals surface area contributed by atoms with Crippen LogP contribution in [0.5, 0.6) is 0 Å². The molecule has 0 bridgehead atoms. The van der Waals surface area contributed by atoms with Crippen molar-refractivity contribution in [1.82, 2.24) is 0 Å². The van der Waals surface area contributed by atoms with Gasteiger partial charge in [-0.3, -0.25) is 14.4 Å². The molecule has 15 heavy (non-hydrogen) atoms. The van der Waals surface area contributed by atoms with Crippen molar-refractivity contribution in [2.24, 2.45) is 0 Å². The minimum absolute atomic E-state index is 0.137. The monoisotopic (exact) mass is 214 g/mol. The largest absolute Gasteiger partial charge is 0.469 e. The van der Waals surface area contributed by atoms with Crippen molar-refractivity contribution in [1.29, 1.82) is 0 Å². The van der Waals surface area contributed by atoms with Crippen LogP contribution in [0, 0.1) is 0 Å². The van der Waals surface area contributed by atoms with Crippen LogP contribution in [0.15, 0.2) is 12.2 Å². The molecule has 0 unspecified atom stereocenters. The second kappa shape index (κ2) is 7.73. The number of rotatable bonds is 6. The molecule has 0 spiro atoms. The van der Waals surface area contributed by atoms with Crippen LogP contribution in [0.25, 0.3) is 0 Å². The first-order chi connectivity index (χ1) is 7.10. The molecular weight excluding hydrogens is 200 g/mol. The van der Waals surface area contributed by atoms with Crippen LogP contribution in [-0.2, 0) is 23.9 Å². The SMILES string of the molecule is COC(=O)CC[C@H](/C=C\C=O)OC(C)=O. The highest BCUT2D eigenvalue weighted by molar-refractivity contribution is 5.70. The maximum atomic E-state index is 10.8. The average molecular weight is 214 g/mol. The fraction of sp³-hybridized carbons (Fsp3) is 0.500. The van der Waals surface area contributed by atoms with E-state index in [1.165, 1.54) is 26.2 Å². The van der Waals surface area contributed by atoms with Gasteiger partial charge in [-0.05, 0) is 18.6 Å². The van der Waals surface area contributed by atoms with E-state index in [1.807, 2.05) is 0 Å². The van der Waals surface area contributed by atoms with Gasteiger partial charge in [-0.2, -0.15) is 0 Å². The van der Waals surface area contributed by atoms with Crippen LogP contribution < -0.4 is 0 Å². The van der Waals surface area contributed by atoms with Gasteiger partial charge >= 0.3 is 11.9 Å². The maximum absolute atomic E-state index is 10.8. The molecule has 0 heterocycles. The average Bonchev–Trinajstić information content (AvgIpc) is 2.20. The summed E-state index contributed by atoms with van der Waals surface area (Å²) in [6, 6.07) is 0. The summed E-state index contributed by atoms with van der Waals surface area (Å²) in [4.78, 5) is 31.6. The summed E-state index contributed by atoms with van der Waals surface area (Å²) in [6.07, 6.45) is 3.11. The molecule has 1 atom stereocenters.